The lowest BCUT2D eigenvalue weighted by atomic mass is 10.2. The van der Waals surface area contributed by atoms with Crippen LogP contribution < -0.4 is 5.32 Å². The van der Waals surface area contributed by atoms with E-state index in [0.717, 1.165) is 24.9 Å². The zero-order valence-corrected chi connectivity index (χ0v) is 14.0. The number of rotatable bonds is 8. The van der Waals surface area contributed by atoms with Crippen molar-refractivity contribution in [1.29, 1.82) is 0 Å². The number of benzene rings is 1. The maximum Gasteiger partial charge on any atom is 0.225 e. The highest BCUT2D eigenvalue weighted by Gasteiger charge is 2.41. The Hall–Kier alpha value is -1.40. The van der Waals surface area contributed by atoms with Crippen LogP contribution in [0.1, 0.15) is 39.5 Å². The number of carbonyl (C=O) groups is 1. The van der Waals surface area contributed by atoms with E-state index in [-0.39, 0.29) is 23.6 Å². The largest absolute Gasteiger partial charge is 0.326 e. The number of amides is 1. The molecule has 0 spiro atoms. The van der Waals surface area contributed by atoms with Crippen molar-refractivity contribution in [2.45, 2.75) is 50.8 Å². The predicted octanol–water partition coefficient (Wildman–Crippen LogP) is 2.61. The molecule has 1 N–H and O–H groups in total. The first-order chi connectivity index (χ1) is 10.4. The molecule has 1 fully saturated rings. The van der Waals surface area contributed by atoms with Gasteiger partial charge in [-0.1, -0.05) is 25.1 Å². The fourth-order valence-electron chi connectivity index (χ4n) is 2.48. The molecule has 0 bridgehead atoms. The second kappa shape index (κ2) is 7.24. The normalized spacial score (nSPS) is 16.5. The zero-order chi connectivity index (χ0) is 16.2. The SMILES string of the molecule is CCCN([C@@H](C)CC(=O)Nc1ccccc1)S(=O)(=O)C1CC1. The maximum atomic E-state index is 12.5. The van der Waals surface area contributed by atoms with Crippen molar-refractivity contribution in [3.05, 3.63) is 30.3 Å². The quantitative estimate of drug-likeness (QED) is 0.799. The first-order valence-corrected chi connectivity index (χ1v) is 9.31. The Morgan fingerprint density at radius 1 is 1.32 bits per heavy atom. The third-order valence-electron chi connectivity index (χ3n) is 3.75. The molecule has 6 heteroatoms. The Balaban J connectivity index is 1.98. The molecule has 0 saturated heterocycles. The summed E-state index contributed by atoms with van der Waals surface area (Å²) in [5.74, 6) is -0.161. The zero-order valence-electron chi connectivity index (χ0n) is 13.2. The van der Waals surface area contributed by atoms with Gasteiger partial charge < -0.3 is 5.32 Å². The van der Waals surface area contributed by atoms with Crippen LogP contribution in [0.5, 0.6) is 0 Å². The average Bonchev–Trinajstić information content (AvgIpc) is 3.30. The van der Waals surface area contributed by atoms with Gasteiger partial charge in [-0.05, 0) is 38.3 Å². The third-order valence-corrected chi connectivity index (χ3v) is 6.26. The lowest BCUT2D eigenvalue weighted by molar-refractivity contribution is -0.116. The molecule has 0 aliphatic heterocycles. The van der Waals surface area contributed by atoms with E-state index in [1.807, 2.05) is 37.3 Å². The first-order valence-electron chi connectivity index (χ1n) is 7.80. The molecule has 22 heavy (non-hydrogen) atoms. The minimum absolute atomic E-state index is 0.161. The predicted molar refractivity (Wildman–Crippen MR) is 88.1 cm³/mol. The number of carbonyl (C=O) groups excluding carboxylic acids is 1. The Kier molecular flexibility index (Phi) is 5.58. The molecule has 1 aliphatic carbocycles. The standard InChI is InChI=1S/C16H24N2O3S/c1-3-11-18(22(20,21)15-9-10-15)13(2)12-16(19)17-14-7-5-4-6-8-14/h4-8,13,15H,3,9-12H2,1-2H3,(H,17,19)/t13-/m0/s1. The number of nitrogens with one attached hydrogen (secondary N) is 1. The van der Waals surface area contributed by atoms with Gasteiger partial charge in [0.1, 0.15) is 0 Å². The molecule has 0 radical (unpaired) electrons. The minimum Gasteiger partial charge on any atom is -0.326 e. The van der Waals surface area contributed by atoms with E-state index in [0.29, 0.717) is 6.54 Å². The number of para-hydroxylation sites is 1. The summed E-state index contributed by atoms with van der Waals surface area (Å²) in [5, 5.41) is 2.57. The molecule has 0 heterocycles. The lowest BCUT2D eigenvalue weighted by Crippen LogP contribution is -2.42. The Morgan fingerprint density at radius 3 is 2.50 bits per heavy atom. The van der Waals surface area contributed by atoms with Crippen LogP contribution in [0, 0.1) is 0 Å². The summed E-state index contributed by atoms with van der Waals surface area (Å²) in [5.41, 5.74) is 0.729. The number of hydrogen-bond donors (Lipinski definition) is 1. The highest BCUT2D eigenvalue weighted by atomic mass is 32.2. The molecule has 0 aromatic heterocycles. The van der Waals surface area contributed by atoms with Gasteiger partial charge in [-0.3, -0.25) is 4.79 Å². The van der Waals surface area contributed by atoms with Crippen LogP contribution in [-0.4, -0.2) is 36.5 Å². The summed E-state index contributed by atoms with van der Waals surface area (Å²) in [6.45, 7) is 4.23. The van der Waals surface area contributed by atoms with Crippen LogP contribution in [0.25, 0.3) is 0 Å². The van der Waals surface area contributed by atoms with E-state index in [1.54, 1.807) is 6.92 Å². The van der Waals surface area contributed by atoms with Gasteiger partial charge >= 0.3 is 0 Å². The maximum absolute atomic E-state index is 12.5. The summed E-state index contributed by atoms with van der Waals surface area (Å²) >= 11 is 0. The van der Waals surface area contributed by atoms with Crippen molar-refractivity contribution in [2.24, 2.45) is 0 Å². The minimum atomic E-state index is -3.25. The van der Waals surface area contributed by atoms with Crippen LogP contribution in [0.15, 0.2) is 30.3 Å². The topological polar surface area (TPSA) is 66.5 Å². The number of nitrogens with zero attached hydrogens (tertiary/aromatic N) is 1. The van der Waals surface area contributed by atoms with E-state index in [4.69, 9.17) is 0 Å². The average molecular weight is 324 g/mol. The van der Waals surface area contributed by atoms with Gasteiger partial charge in [0.2, 0.25) is 15.9 Å². The van der Waals surface area contributed by atoms with Gasteiger partial charge in [-0.2, -0.15) is 4.31 Å². The van der Waals surface area contributed by atoms with Gasteiger partial charge in [0.25, 0.3) is 0 Å². The van der Waals surface area contributed by atoms with Crippen molar-refractivity contribution in [2.75, 3.05) is 11.9 Å². The second-order valence-corrected chi connectivity index (χ2v) is 7.99. The molecule has 2 rings (SSSR count). The Morgan fingerprint density at radius 2 is 1.95 bits per heavy atom. The third kappa shape index (κ3) is 4.30. The summed E-state index contributed by atoms with van der Waals surface area (Å²) in [7, 11) is -3.25. The molecule has 1 aromatic carbocycles. The van der Waals surface area contributed by atoms with Crippen molar-refractivity contribution < 1.29 is 13.2 Å². The smallest absolute Gasteiger partial charge is 0.225 e. The molecule has 1 atom stereocenters. The molecule has 1 aromatic rings. The fourth-order valence-corrected chi connectivity index (χ4v) is 4.61. The summed E-state index contributed by atoms with van der Waals surface area (Å²) in [6, 6.07) is 8.87. The highest BCUT2D eigenvalue weighted by molar-refractivity contribution is 7.90. The molecule has 1 aliphatic rings. The van der Waals surface area contributed by atoms with Crippen LogP contribution in [0.4, 0.5) is 5.69 Å². The summed E-state index contributed by atoms with van der Waals surface area (Å²) < 4.78 is 26.4. The van der Waals surface area contributed by atoms with Crippen molar-refractivity contribution >= 4 is 21.6 Å². The van der Waals surface area contributed by atoms with E-state index in [9.17, 15) is 13.2 Å². The number of sulfonamides is 1. The molecule has 0 unspecified atom stereocenters. The van der Waals surface area contributed by atoms with E-state index >= 15 is 0 Å². The van der Waals surface area contributed by atoms with E-state index in [1.165, 1.54) is 4.31 Å². The molecular formula is C16H24N2O3S. The first kappa shape index (κ1) is 17.0. The van der Waals surface area contributed by atoms with Gasteiger partial charge in [-0.25, -0.2) is 8.42 Å². The van der Waals surface area contributed by atoms with Gasteiger partial charge in [-0.15, -0.1) is 0 Å². The summed E-state index contributed by atoms with van der Waals surface area (Å²) in [6.07, 6.45) is 2.40. The Labute approximate surface area is 132 Å². The molecule has 1 saturated carbocycles. The van der Waals surface area contributed by atoms with Crippen LogP contribution in [0.3, 0.4) is 0 Å². The highest BCUT2D eigenvalue weighted by Crippen LogP contribution is 2.32. The van der Waals surface area contributed by atoms with Crippen molar-refractivity contribution in [3.8, 4) is 0 Å². The molecule has 122 valence electrons. The molecule has 5 nitrogen and oxygen atoms in total. The number of anilines is 1. The fraction of sp³-hybridized carbons (Fsp3) is 0.562. The number of hydrogen-bond acceptors (Lipinski definition) is 3. The molecule has 1 amide bonds. The lowest BCUT2D eigenvalue weighted by Gasteiger charge is -2.27. The van der Waals surface area contributed by atoms with Gasteiger partial charge in [0.05, 0.1) is 5.25 Å². The molecular weight excluding hydrogens is 300 g/mol. The second-order valence-electron chi connectivity index (χ2n) is 5.82. The van der Waals surface area contributed by atoms with Gasteiger partial charge in [0.15, 0.2) is 0 Å². The monoisotopic (exact) mass is 324 g/mol. The van der Waals surface area contributed by atoms with E-state index < -0.39 is 10.0 Å². The summed E-state index contributed by atoms with van der Waals surface area (Å²) in [4.78, 5) is 12.1. The van der Waals surface area contributed by atoms with E-state index in [2.05, 4.69) is 5.32 Å². The Bertz CT molecular complexity index is 597. The van der Waals surface area contributed by atoms with Crippen molar-refractivity contribution in [3.63, 3.8) is 0 Å². The van der Waals surface area contributed by atoms with Crippen LogP contribution >= 0.6 is 0 Å². The van der Waals surface area contributed by atoms with Crippen molar-refractivity contribution in [1.82, 2.24) is 4.31 Å². The van der Waals surface area contributed by atoms with Gasteiger partial charge in [0, 0.05) is 24.7 Å². The van der Waals surface area contributed by atoms with Crippen LogP contribution in [0.2, 0.25) is 0 Å². The van der Waals surface area contributed by atoms with Crippen LogP contribution in [-0.2, 0) is 14.8 Å².